The second kappa shape index (κ2) is 17.5. The average molecular weight is 926 g/mol. The Morgan fingerprint density at radius 2 is 0.969 bits per heavy atom. The maximum atomic E-state index is 13.3. The number of para-hydroxylation sites is 2. The van der Waals surface area contributed by atoms with Crippen LogP contribution in [-0.4, -0.2) is 45.5 Å². The van der Waals surface area contributed by atoms with E-state index in [1.54, 1.807) is 21.6 Å². The number of carbonyl (C=O) groups is 2. The standard InChI is InChI=1S/C52H48N6O2S2.2ClH/c1-51(2)41-27-35(15-17-45(41)57-23-19-33(29-47(51)57)39-31-55(5)43-13-9-7-11-37(39)43)49(59)53-21-25-61-62-26-22-54-50(60)36-16-18-46-42(28-36)52(3,4)48-30-34(20-24-58(46)48)40-32-56(6)44-14-10-8-12-38(40)44;;/h7-20,23-24,27-32H,21-22,25-26H2,1-6H3;2*1H. The van der Waals surface area contributed by atoms with E-state index < -0.39 is 0 Å². The fourth-order valence-electron chi connectivity index (χ4n) is 9.65. The number of aromatic nitrogens is 4. The first kappa shape index (κ1) is 45.1. The fourth-order valence-corrected chi connectivity index (χ4v) is 11.5. The van der Waals surface area contributed by atoms with Crippen LogP contribution >= 0.6 is 21.6 Å². The molecule has 0 saturated heterocycles. The molecule has 8 aromatic rings. The largest absolute Gasteiger partial charge is 1.00 e. The maximum absolute atomic E-state index is 13.3. The summed E-state index contributed by atoms with van der Waals surface area (Å²) in [6.45, 7) is 10.1. The topological polar surface area (TPSA) is 75.8 Å². The molecule has 0 aliphatic carbocycles. The van der Waals surface area contributed by atoms with Crippen LogP contribution < -0.4 is 44.6 Å². The summed E-state index contributed by atoms with van der Waals surface area (Å²) in [4.78, 5) is 26.7. The van der Waals surface area contributed by atoms with Crippen molar-refractivity contribution in [3.8, 4) is 33.6 Å². The van der Waals surface area contributed by atoms with Crippen molar-refractivity contribution in [2.45, 2.75) is 38.5 Å². The first-order chi connectivity index (χ1) is 29.9. The monoisotopic (exact) mass is 924 g/mol. The molecular formula is C52H50Cl2N6O2S2. The van der Waals surface area contributed by atoms with Crippen molar-refractivity contribution < 1.29 is 43.5 Å². The number of carbonyl (C=O) groups excluding carboxylic acids is 2. The van der Waals surface area contributed by atoms with E-state index in [9.17, 15) is 9.59 Å². The van der Waals surface area contributed by atoms with Crippen molar-refractivity contribution in [2.75, 3.05) is 24.6 Å². The lowest BCUT2D eigenvalue weighted by Gasteiger charge is -2.15. The van der Waals surface area contributed by atoms with Gasteiger partial charge in [0.1, 0.15) is 0 Å². The molecule has 0 fully saturated rings. The number of nitrogens with one attached hydrogen (secondary N) is 2. The number of aryl methyl sites for hydroxylation is 2. The van der Waals surface area contributed by atoms with Crippen LogP contribution in [0.1, 0.15) is 70.9 Å². The highest BCUT2D eigenvalue weighted by atomic mass is 35.5. The molecular weight excluding hydrogens is 876 g/mol. The van der Waals surface area contributed by atoms with Gasteiger partial charge in [-0.25, -0.2) is 0 Å². The van der Waals surface area contributed by atoms with Crippen LogP contribution in [0, 0.1) is 0 Å². The molecule has 10 rings (SSSR count). The minimum atomic E-state index is -0.278. The average Bonchev–Trinajstić information content (AvgIpc) is 3.95. The highest BCUT2D eigenvalue weighted by Crippen LogP contribution is 2.42. The third-order valence-corrected chi connectivity index (χ3v) is 15.4. The molecule has 0 atom stereocenters. The van der Waals surface area contributed by atoms with Crippen LogP contribution in [0.3, 0.4) is 0 Å². The van der Waals surface area contributed by atoms with E-state index in [4.69, 9.17) is 0 Å². The minimum Gasteiger partial charge on any atom is -1.00 e. The number of hydrogen-bond donors (Lipinski definition) is 2. The van der Waals surface area contributed by atoms with Gasteiger partial charge in [0.25, 0.3) is 11.8 Å². The summed E-state index contributed by atoms with van der Waals surface area (Å²) >= 11 is 0. The Morgan fingerprint density at radius 3 is 1.39 bits per heavy atom. The van der Waals surface area contributed by atoms with Crippen LogP contribution in [0.25, 0.3) is 55.4 Å². The molecule has 8 nitrogen and oxygen atoms in total. The Bertz CT molecular complexity index is 2930. The van der Waals surface area contributed by atoms with Gasteiger partial charge in [-0.15, -0.1) is 0 Å². The zero-order valence-corrected chi connectivity index (χ0v) is 39.9. The van der Waals surface area contributed by atoms with E-state index in [-0.39, 0.29) is 47.5 Å². The van der Waals surface area contributed by atoms with Crippen LogP contribution in [-0.2, 0) is 24.9 Å². The number of amides is 2. The van der Waals surface area contributed by atoms with E-state index in [1.807, 2.05) is 12.1 Å². The van der Waals surface area contributed by atoms with Crippen LogP contribution in [0.5, 0.6) is 0 Å². The van der Waals surface area contributed by atoms with Crippen LogP contribution in [0.4, 0.5) is 0 Å². The molecule has 0 spiro atoms. The molecule has 6 heterocycles. The van der Waals surface area contributed by atoms with Crippen molar-refractivity contribution in [3.05, 3.63) is 168 Å². The second-order valence-electron chi connectivity index (χ2n) is 17.6. The minimum absolute atomic E-state index is 0. The predicted molar refractivity (Wildman–Crippen MR) is 254 cm³/mol. The van der Waals surface area contributed by atoms with E-state index >= 15 is 0 Å². The zero-order chi connectivity index (χ0) is 42.9. The lowest BCUT2D eigenvalue weighted by Crippen LogP contribution is -3.00. The molecule has 12 heteroatoms. The van der Waals surface area contributed by atoms with Crippen molar-refractivity contribution in [1.29, 1.82) is 0 Å². The summed E-state index contributed by atoms with van der Waals surface area (Å²) in [6.07, 6.45) is 8.74. The smallest absolute Gasteiger partial charge is 0.251 e. The van der Waals surface area contributed by atoms with Crippen LogP contribution in [0.2, 0.25) is 0 Å². The SMILES string of the molecule is Cn1cc(-c2cc[n+]3c(c2)C(C)(C)c2cc(C(=O)NCCSSCCNC(=O)c4ccc5c(c4)C(C)(C)c4cc(-c6cn(C)c7ccccc67)cc[n+]4-5)ccc2-3)c2ccccc21.[Cl-].[Cl-]. The lowest BCUT2D eigenvalue weighted by molar-refractivity contribution is -0.600. The molecule has 326 valence electrons. The number of halogens is 2. The first-order valence-electron chi connectivity index (χ1n) is 21.2. The Kier molecular flexibility index (Phi) is 12.3. The Labute approximate surface area is 394 Å². The third kappa shape index (κ3) is 7.58. The quantitative estimate of drug-likeness (QED) is 0.119. The molecule has 0 bridgehead atoms. The van der Waals surface area contributed by atoms with Gasteiger partial charge in [0.15, 0.2) is 23.8 Å². The molecule has 2 aliphatic heterocycles. The summed E-state index contributed by atoms with van der Waals surface area (Å²) in [5, 5.41) is 8.72. The van der Waals surface area contributed by atoms with Gasteiger partial charge in [0.05, 0.1) is 10.8 Å². The van der Waals surface area contributed by atoms with Gasteiger partial charge >= 0.3 is 0 Å². The summed E-state index contributed by atoms with van der Waals surface area (Å²) in [5.41, 5.74) is 14.9. The number of benzene rings is 4. The molecule has 0 saturated carbocycles. The summed E-state index contributed by atoms with van der Waals surface area (Å²) in [5.74, 6) is 1.39. The van der Waals surface area contributed by atoms with E-state index in [2.05, 4.69) is 193 Å². The third-order valence-electron chi connectivity index (χ3n) is 13.0. The summed E-state index contributed by atoms with van der Waals surface area (Å²) < 4.78 is 8.89. The normalized spacial score (nSPS) is 13.7. The molecule has 4 aromatic carbocycles. The predicted octanol–water partition coefficient (Wildman–Crippen LogP) is 3.39. The van der Waals surface area contributed by atoms with Gasteiger partial charge < -0.3 is 44.6 Å². The Hall–Kier alpha value is -5.52. The first-order valence-corrected chi connectivity index (χ1v) is 23.7. The highest BCUT2D eigenvalue weighted by Gasteiger charge is 2.45. The molecule has 2 N–H and O–H groups in total. The van der Waals surface area contributed by atoms with E-state index in [1.165, 1.54) is 55.4 Å². The van der Waals surface area contributed by atoms with Crippen molar-refractivity contribution in [3.63, 3.8) is 0 Å². The molecule has 64 heavy (non-hydrogen) atoms. The van der Waals surface area contributed by atoms with Gasteiger partial charge in [0.2, 0.25) is 11.4 Å². The molecule has 4 aromatic heterocycles. The summed E-state index contributed by atoms with van der Waals surface area (Å²) in [6, 6.07) is 38.1. The second-order valence-corrected chi connectivity index (χ2v) is 20.3. The van der Waals surface area contributed by atoms with Gasteiger partial charge in [-0.05, 0) is 75.2 Å². The van der Waals surface area contributed by atoms with Crippen molar-refractivity contribution in [2.24, 2.45) is 14.1 Å². The van der Waals surface area contributed by atoms with Crippen LogP contribution in [0.15, 0.2) is 134 Å². The summed E-state index contributed by atoms with van der Waals surface area (Å²) in [7, 11) is 7.59. The van der Waals surface area contributed by atoms with Gasteiger partial charge in [-0.1, -0.05) is 58.0 Å². The molecule has 2 amide bonds. The van der Waals surface area contributed by atoms with Gasteiger partial charge in [-0.2, -0.15) is 9.13 Å². The zero-order valence-electron chi connectivity index (χ0n) is 36.7. The van der Waals surface area contributed by atoms with Crippen molar-refractivity contribution >= 4 is 55.2 Å². The number of fused-ring (bicyclic) bond motifs is 8. The number of hydrogen-bond acceptors (Lipinski definition) is 4. The Morgan fingerprint density at radius 1 is 0.562 bits per heavy atom. The maximum Gasteiger partial charge on any atom is 0.251 e. The van der Waals surface area contributed by atoms with E-state index in [0.29, 0.717) is 24.2 Å². The lowest BCUT2D eigenvalue weighted by atomic mass is 9.82. The molecule has 0 radical (unpaired) electrons. The number of pyridine rings is 2. The Balaban J connectivity index is 0.00000280. The van der Waals surface area contributed by atoms with Gasteiger partial charge in [0, 0.05) is 143 Å². The highest BCUT2D eigenvalue weighted by molar-refractivity contribution is 8.76. The van der Waals surface area contributed by atoms with Crippen molar-refractivity contribution in [1.82, 2.24) is 19.8 Å². The number of rotatable bonds is 11. The number of nitrogens with zero attached hydrogens (tertiary/aromatic N) is 4. The molecule has 2 aliphatic rings. The van der Waals surface area contributed by atoms with E-state index in [0.717, 1.165) is 34.0 Å². The fraction of sp³-hybridized carbons (Fsp3) is 0.231. The molecule has 0 unspecified atom stereocenters. The van der Waals surface area contributed by atoms with Gasteiger partial charge in [-0.3, -0.25) is 9.59 Å².